The van der Waals surface area contributed by atoms with Gasteiger partial charge in [-0.05, 0) is 42.7 Å². The van der Waals surface area contributed by atoms with Crippen molar-refractivity contribution in [3.63, 3.8) is 0 Å². The minimum atomic E-state index is -0.448. The van der Waals surface area contributed by atoms with Crippen molar-refractivity contribution in [2.24, 2.45) is 0 Å². The summed E-state index contributed by atoms with van der Waals surface area (Å²) in [5.41, 5.74) is 2.17. The number of carbonyl (C=O) groups excluding carboxylic acids is 1. The average Bonchev–Trinajstić information content (AvgIpc) is 3.02. The van der Waals surface area contributed by atoms with Gasteiger partial charge in [-0.2, -0.15) is 0 Å². The van der Waals surface area contributed by atoms with E-state index in [-0.39, 0.29) is 18.6 Å². The number of fused-ring (bicyclic) bond motifs is 2. The van der Waals surface area contributed by atoms with E-state index < -0.39 is 5.97 Å². The first kappa shape index (κ1) is 20.8. The molecule has 162 valence electrons. The second kappa shape index (κ2) is 9.12. The van der Waals surface area contributed by atoms with Crippen LogP contribution in [0.3, 0.4) is 0 Å². The maximum atomic E-state index is 13.2. The third kappa shape index (κ3) is 4.35. The largest absolute Gasteiger partial charge is 0.490 e. The fraction of sp³-hybridized carbons (Fsp3) is 0.333. The molecular formula is C24H24O7. The molecule has 0 N–H and O–H groups in total. The van der Waals surface area contributed by atoms with E-state index >= 15 is 0 Å². The Bertz CT molecular complexity index is 1160. The molecule has 0 saturated carbocycles. The standard InChI is InChI=1S/C24H24O7/c1-3-15-10-17-21(12-20(15)31-14-23(25)27-4-2)30-13-18(24(17)26)16-6-7-19-22(11-16)29-9-5-8-28-19/h6-7,10-13H,3-5,8-9,14H2,1-2H3. The van der Waals surface area contributed by atoms with Crippen molar-refractivity contribution in [1.82, 2.24) is 0 Å². The van der Waals surface area contributed by atoms with Gasteiger partial charge in [-0.15, -0.1) is 0 Å². The van der Waals surface area contributed by atoms with Crippen molar-refractivity contribution in [3.8, 4) is 28.4 Å². The quantitative estimate of drug-likeness (QED) is 0.550. The smallest absolute Gasteiger partial charge is 0.344 e. The van der Waals surface area contributed by atoms with E-state index in [0.717, 1.165) is 12.0 Å². The first-order chi connectivity index (χ1) is 15.1. The highest BCUT2D eigenvalue weighted by Crippen LogP contribution is 2.34. The van der Waals surface area contributed by atoms with Gasteiger partial charge in [-0.1, -0.05) is 13.0 Å². The molecule has 7 nitrogen and oxygen atoms in total. The second-order valence-corrected chi connectivity index (χ2v) is 7.09. The first-order valence-electron chi connectivity index (χ1n) is 10.4. The van der Waals surface area contributed by atoms with Crippen LogP contribution < -0.4 is 19.6 Å². The molecule has 1 aliphatic rings. The minimum Gasteiger partial charge on any atom is -0.490 e. The highest BCUT2D eigenvalue weighted by molar-refractivity contribution is 5.84. The van der Waals surface area contributed by atoms with Crippen LogP contribution in [-0.4, -0.2) is 32.4 Å². The van der Waals surface area contributed by atoms with Crippen molar-refractivity contribution >= 4 is 16.9 Å². The summed E-state index contributed by atoms with van der Waals surface area (Å²) < 4.78 is 27.7. The molecular weight excluding hydrogens is 400 g/mol. The molecule has 0 bridgehead atoms. The van der Waals surface area contributed by atoms with E-state index in [1.807, 2.05) is 19.1 Å². The Kier molecular flexibility index (Phi) is 6.11. The van der Waals surface area contributed by atoms with Crippen molar-refractivity contribution < 1.29 is 28.2 Å². The lowest BCUT2D eigenvalue weighted by atomic mass is 10.0. The lowest BCUT2D eigenvalue weighted by molar-refractivity contribution is -0.145. The molecule has 0 amide bonds. The van der Waals surface area contributed by atoms with Gasteiger partial charge in [0.25, 0.3) is 0 Å². The number of ether oxygens (including phenoxy) is 4. The van der Waals surface area contributed by atoms with Gasteiger partial charge in [0, 0.05) is 12.5 Å². The van der Waals surface area contributed by atoms with Crippen molar-refractivity contribution in [2.75, 3.05) is 26.4 Å². The molecule has 0 unspecified atom stereocenters. The van der Waals surface area contributed by atoms with Crippen LogP contribution in [0.1, 0.15) is 25.8 Å². The Balaban J connectivity index is 1.71. The van der Waals surface area contributed by atoms with Crippen LogP contribution in [0.5, 0.6) is 17.2 Å². The normalized spacial score (nSPS) is 13.0. The van der Waals surface area contributed by atoms with Crippen molar-refractivity contribution in [3.05, 3.63) is 52.4 Å². The maximum Gasteiger partial charge on any atom is 0.344 e. The molecule has 3 aromatic rings. The highest BCUT2D eigenvalue weighted by Gasteiger charge is 2.17. The summed E-state index contributed by atoms with van der Waals surface area (Å²) >= 11 is 0. The van der Waals surface area contributed by atoms with Gasteiger partial charge < -0.3 is 23.4 Å². The second-order valence-electron chi connectivity index (χ2n) is 7.09. The van der Waals surface area contributed by atoms with E-state index in [4.69, 9.17) is 23.4 Å². The van der Waals surface area contributed by atoms with E-state index in [2.05, 4.69) is 0 Å². The van der Waals surface area contributed by atoms with Gasteiger partial charge in [0.05, 0.1) is 30.8 Å². The van der Waals surface area contributed by atoms with E-state index in [1.54, 1.807) is 25.1 Å². The Hall–Kier alpha value is -3.48. The molecule has 1 aliphatic heterocycles. The average molecular weight is 424 g/mol. The number of carbonyl (C=O) groups is 1. The third-order valence-corrected chi connectivity index (χ3v) is 5.05. The molecule has 2 aromatic carbocycles. The summed E-state index contributed by atoms with van der Waals surface area (Å²) in [6, 6.07) is 8.84. The van der Waals surface area contributed by atoms with Crippen LogP contribution in [0.15, 0.2) is 45.8 Å². The summed E-state index contributed by atoms with van der Waals surface area (Å²) in [7, 11) is 0. The van der Waals surface area contributed by atoms with Gasteiger partial charge >= 0.3 is 5.97 Å². The maximum absolute atomic E-state index is 13.2. The zero-order valence-electron chi connectivity index (χ0n) is 17.6. The van der Waals surface area contributed by atoms with E-state index in [0.29, 0.717) is 59.0 Å². The molecule has 0 saturated heterocycles. The summed E-state index contributed by atoms with van der Waals surface area (Å²) in [6.45, 7) is 4.94. The number of rotatable bonds is 6. The molecule has 7 heteroatoms. The zero-order chi connectivity index (χ0) is 21.8. The zero-order valence-corrected chi connectivity index (χ0v) is 17.6. The fourth-order valence-electron chi connectivity index (χ4n) is 3.48. The van der Waals surface area contributed by atoms with Crippen LogP contribution in [0, 0.1) is 0 Å². The van der Waals surface area contributed by atoms with E-state index in [1.165, 1.54) is 6.26 Å². The van der Waals surface area contributed by atoms with Crippen LogP contribution in [0.4, 0.5) is 0 Å². The van der Waals surface area contributed by atoms with Crippen molar-refractivity contribution in [1.29, 1.82) is 0 Å². The molecule has 2 heterocycles. The number of hydrogen-bond acceptors (Lipinski definition) is 7. The van der Waals surface area contributed by atoms with Gasteiger partial charge in [-0.3, -0.25) is 4.79 Å². The van der Waals surface area contributed by atoms with Crippen LogP contribution >= 0.6 is 0 Å². The van der Waals surface area contributed by atoms with Gasteiger partial charge in [0.15, 0.2) is 18.1 Å². The molecule has 0 aliphatic carbocycles. The third-order valence-electron chi connectivity index (χ3n) is 5.05. The number of benzene rings is 2. The van der Waals surface area contributed by atoms with Gasteiger partial charge in [0.1, 0.15) is 17.6 Å². The first-order valence-corrected chi connectivity index (χ1v) is 10.4. The molecule has 0 fully saturated rings. The number of aryl methyl sites for hydroxylation is 1. The fourth-order valence-corrected chi connectivity index (χ4v) is 3.48. The highest BCUT2D eigenvalue weighted by atomic mass is 16.6. The molecule has 4 rings (SSSR count). The Morgan fingerprint density at radius 1 is 1.06 bits per heavy atom. The monoisotopic (exact) mass is 424 g/mol. The predicted molar refractivity (Wildman–Crippen MR) is 115 cm³/mol. The topological polar surface area (TPSA) is 84.2 Å². The minimum absolute atomic E-state index is 0.151. The van der Waals surface area contributed by atoms with Crippen LogP contribution in [-0.2, 0) is 16.0 Å². The van der Waals surface area contributed by atoms with Crippen molar-refractivity contribution in [2.45, 2.75) is 26.7 Å². The molecule has 0 radical (unpaired) electrons. The lowest BCUT2D eigenvalue weighted by Gasteiger charge is -2.12. The number of esters is 1. The van der Waals surface area contributed by atoms with E-state index in [9.17, 15) is 9.59 Å². The summed E-state index contributed by atoms with van der Waals surface area (Å²) in [5, 5.41) is 0.449. The predicted octanol–water partition coefficient (Wildman–Crippen LogP) is 4.13. The Labute approximate surface area is 179 Å². The van der Waals surface area contributed by atoms with Crippen LogP contribution in [0.25, 0.3) is 22.1 Å². The number of hydrogen-bond donors (Lipinski definition) is 0. The van der Waals surface area contributed by atoms with Gasteiger partial charge in [-0.25, -0.2) is 4.79 Å². The summed E-state index contributed by atoms with van der Waals surface area (Å²) in [6.07, 6.45) is 2.87. The molecule has 31 heavy (non-hydrogen) atoms. The Morgan fingerprint density at radius 2 is 1.87 bits per heavy atom. The molecule has 0 spiro atoms. The summed E-state index contributed by atoms with van der Waals surface area (Å²) in [4.78, 5) is 24.9. The summed E-state index contributed by atoms with van der Waals surface area (Å²) in [5.74, 6) is 1.33. The lowest BCUT2D eigenvalue weighted by Crippen LogP contribution is -2.15. The molecule has 1 aromatic heterocycles. The molecule has 0 atom stereocenters. The van der Waals surface area contributed by atoms with Gasteiger partial charge in [0.2, 0.25) is 5.43 Å². The Morgan fingerprint density at radius 3 is 2.65 bits per heavy atom. The van der Waals surface area contributed by atoms with Crippen LogP contribution in [0.2, 0.25) is 0 Å². The SMILES string of the molecule is CCOC(=O)COc1cc2occ(-c3ccc4c(c3)OCCCO4)c(=O)c2cc1CC.